The Morgan fingerprint density at radius 2 is 1.28 bits per heavy atom. The third-order valence-electron chi connectivity index (χ3n) is 6.54. The minimum absolute atomic E-state index is 0. The first kappa shape index (κ1) is 28.8. The first-order valence-corrected chi connectivity index (χ1v) is 15.0. The number of ether oxygens (including phenoxy) is 1. The van der Waals surface area contributed by atoms with E-state index in [1.807, 2.05) is 31.2 Å². The van der Waals surface area contributed by atoms with E-state index in [-0.39, 0.29) is 29.5 Å². The van der Waals surface area contributed by atoms with Crippen LogP contribution < -0.4 is 32.9 Å². The minimum Gasteiger partial charge on any atom is -1.00 e. The molecule has 0 spiro atoms. The Hall–Kier alpha value is -3.24. The highest BCUT2D eigenvalue weighted by molar-refractivity contribution is 7.95. The van der Waals surface area contributed by atoms with Gasteiger partial charge in [0.15, 0.2) is 0 Å². The van der Waals surface area contributed by atoms with Crippen LogP contribution in [0.25, 0.3) is 11.3 Å². The van der Waals surface area contributed by atoms with Crippen LogP contribution in [0.15, 0.2) is 121 Å². The smallest absolute Gasteiger partial charge is 0.327 e. The highest BCUT2D eigenvalue weighted by atomic mass is 79.9. The quantitative estimate of drug-likeness (QED) is 0.188. The molecule has 39 heavy (non-hydrogen) atoms. The van der Waals surface area contributed by atoms with Crippen LogP contribution in [0.3, 0.4) is 0 Å². The second-order valence-corrected chi connectivity index (χ2v) is 12.9. The van der Waals surface area contributed by atoms with Crippen molar-refractivity contribution in [2.24, 2.45) is 0 Å². The summed E-state index contributed by atoms with van der Waals surface area (Å²) in [6.45, 7) is 2.18. The van der Waals surface area contributed by atoms with Crippen LogP contribution in [-0.2, 0) is 22.2 Å². The molecule has 0 bridgehead atoms. The van der Waals surface area contributed by atoms with E-state index in [1.54, 1.807) is 4.68 Å². The second kappa shape index (κ2) is 13.2. The van der Waals surface area contributed by atoms with Crippen LogP contribution in [0.2, 0.25) is 5.02 Å². The van der Waals surface area contributed by atoms with E-state index >= 15 is 0 Å². The number of hydrogen-bond acceptors (Lipinski definition) is 3. The lowest BCUT2D eigenvalue weighted by Gasteiger charge is -2.27. The summed E-state index contributed by atoms with van der Waals surface area (Å²) in [4.78, 5) is 12.5. The number of carbonyl (C=O) groups excluding carboxylic acids is 1. The number of hydrogen-bond donors (Lipinski definition) is 0. The van der Waals surface area contributed by atoms with Gasteiger partial charge >= 0.3 is 5.97 Å². The van der Waals surface area contributed by atoms with Crippen LogP contribution in [0.4, 0.5) is 0 Å². The summed E-state index contributed by atoms with van der Waals surface area (Å²) >= 11 is 6.17. The molecule has 0 N–H and O–H groups in total. The fourth-order valence-corrected chi connectivity index (χ4v) is 9.11. The molecule has 0 fully saturated rings. The van der Waals surface area contributed by atoms with E-state index in [9.17, 15) is 4.79 Å². The largest absolute Gasteiger partial charge is 1.00 e. The van der Waals surface area contributed by atoms with E-state index in [4.69, 9.17) is 21.4 Å². The molecule has 0 atom stereocenters. The summed E-state index contributed by atoms with van der Waals surface area (Å²) in [5.74, 6) is -0.312. The van der Waals surface area contributed by atoms with E-state index in [0.717, 1.165) is 17.0 Å². The first-order chi connectivity index (χ1) is 18.6. The van der Waals surface area contributed by atoms with Gasteiger partial charge in [-0.15, -0.1) is 0 Å². The van der Waals surface area contributed by atoms with Gasteiger partial charge in [0.05, 0.1) is 12.3 Å². The predicted octanol–water partition coefficient (Wildman–Crippen LogP) is 3.26. The van der Waals surface area contributed by atoms with Gasteiger partial charge in [0.25, 0.3) is 0 Å². The zero-order valence-electron chi connectivity index (χ0n) is 21.6. The molecule has 0 aliphatic rings. The molecule has 4 aromatic carbocycles. The zero-order valence-corrected chi connectivity index (χ0v) is 24.8. The fourth-order valence-electron chi connectivity index (χ4n) is 4.86. The molecule has 0 amide bonds. The molecule has 0 saturated heterocycles. The number of esters is 1. The van der Waals surface area contributed by atoms with Gasteiger partial charge in [-0.2, -0.15) is 5.10 Å². The standard InChI is InChI=1S/C32H29ClN2O2P.BrH/c1-2-37-32(36)23-35-31(25-18-20-26(33)21-19-25)22-27(34-35)24-38(28-12-6-3-7-13-28,29-14-8-4-9-15-29)30-16-10-5-11-17-30;/h3-22H,2,23-24H2,1H3;1H/q+1;/p-1. The van der Waals surface area contributed by atoms with Crippen molar-refractivity contribution in [1.82, 2.24) is 9.78 Å². The molecular formula is C32H29BrClN2O2P. The Morgan fingerprint density at radius 1 is 0.795 bits per heavy atom. The lowest BCUT2D eigenvalue weighted by molar-refractivity contribution is -0.144. The van der Waals surface area contributed by atoms with Crippen molar-refractivity contribution in [3.8, 4) is 11.3 Å². The van der Waals surface area contributed by atoms with Crippen molar-refractivity contribution >= 4 is 40.7 Å². The number of nitrogens with zero attached hydrogens (tertiary/aromatic N) is 2. The molecule has 0 aliphatic heterocycles. The van der Waals surface area contributed by atoms with Crippen molar-refractivity contribution in [3.63, 3.8) is 0 Å². The van der Waals surface area contributed by atoms with Crippen LogP contribution in [0.1, 0.15) is 12.6 Å². The maximum absolute atomic E-state index is 12.5. The molecule has 7 heteroatoms. The average Bonchev–Trinajstić information content (AvgIpc) is 3.35. The van der Waals surface area contributed by atoms with Gasteiger partial charge in [0, 0.05) is 5.02 Å². The zero-order chi connectivity index (χ0) is 26.4. The lowest BCUT2D eigenvalue weighted by Crippen LogP contribution is -3.00. The highest BCUT2D eigenvalue weighted by Crippen LogP contribution is 2.58. The van der Waals surface area contributed by atoms with Gasteiger partial charge in [-0.3, -0.25) is 9.48 Å². The highest BCUT2D eigenvalue weighted by Gasteiger charge is 2.46. The maximum atomic E-state index is 12.5. The number of carbonyl (C=O) groups is 1. The molecule has 0 radical (unpaired) electrons. The van der Waals surface area contributed by atoms with Crippen LogP contribution in [0, 0.1) is 0 Å². The summed E-state index contributed by atoms with van der Waals surface area (Å²) < 4.78 is 7.02. The molecule has 0 unspecified atom stereocenters. The van der Waals surface area contributed by atoms with E-state index in [1.165, 1.54) is 15.9 Å². The van der Waals surface area contributed by atoms with Gasteiger partial charge in [-0.25, -0.2) is 0 Å². The van der Waals surface area contributed by atoms with E-state index in [0.29, 0.717) is 17.8 Å². The molecule has 198 valence electrons. The second-order valence-electron chi connectivity index (χ2n) is 8.96. The summed E-state index contributed by atoms with van der Waals surface area (Å²) in [7, 11) is -2.14. The number of rotatable bonds is 9. The van der Waals surface area contributed by atoms with Crippen LogP contribution >= 0.6 is 18.9 Å². The van der Waals surface area contributed by atoms with Gasteiger partial charge in [-0.05, 0) is 67.1 Å². The van der Waals surface area contributed by atoms with Crippen LogP contribution in [-0.4, -0.2) is 22.4 Å². The van der Waals surface area contributed by atoms with Gasteiger partial charge in [0.1, 0.15) is 41.6 Å². The lowest BCUT2D eigenvalue weighted by atomic mass is 10.1. The number of aromatic nitrogens is 2. The molecular weight excluding hydrogens is 591 g/mol. The Labute approximate surface area is 245 Å². The third-order valence-corrected chi connectivity index (χ3v) is 11.1. The van der Waals surface area contributed by atoms with Crippen LogP contribution in [0.5, 0.6) is 0 Å². The fraction of sp³-hybridized carbons (Fsp3) is 0.125. The molecule has 5 rings (SSSR count). The summed E-state index contributed by atoms with van der Waals surface area (Å²) in [5.41, 5.74) is 2.72. The molecule has 5 aromatic rings. The van der Waals surface area contributed by atoms with Crippen molar-refractivity contribution in [3.05, 3.63) is 132 Å². The summed E-state index contributed by atoms with van der Waals surface area (Å²) in [6, 6.07) is 41.9. The van der Waals surface area contributed by atoms with Gasteiger partial charge in [-0.1, -0.05) is 78.3 Å². The SMILES string of the molecule is CCOC(=O)Cn1nc(C[P+](c2ccccc2)(c2ccccc2)c2ccccc2)cc1-c1ccc(Cl)cc1.[Br-]. The predicted molar refractivity (Wildman–Crippen MR) is 158 cm³/mol. The molecule has 4 nitrogen and oxygen atoms in total. The summed E-state index contributed by atoms with van der Waals surface area (Å²) in [6.07, 6.45) is 0.710. The molecule has 1 aromatic heterocycles. The summed E-state index contributed by atoms with van der Waals surface area (Å²) in [5, 5.41) is 9.51. The normalized spacial score (nSPS) is 11.0. The molecule has 0 saturated carbocycles. The van der Waals surface area contributed by atoms with Gasteiger partial charge < -0.3 is 21.7 Å². The molecule has 0 aliphatic carbocycles. The first-order valence-electron chi connectivity index (χ1n) is 12.6. The van der Waals surface area contributed by atoms with Crippen molar-refractivity contribution in [2.45, 2.75) is 19.6 Å². The maximum Gasteiger partial charge on any atom is 0.327 e. The number of halogens is 2. The monoisotopic (exact) mass is 618 g/mol. The van der Waals surface area contributed by atoms with Gasteiger partial charge in [0.2, 0.25) is 0 Å². The Morgan fingerprint density at radius 3 is 1.74 bits per heavy atom. The van der Waals surface area contributed by atoms with Crippen molar-refractivity contribution in [1.29, 1.82) is 0 Å². The Bertz CT molecular complexity index is 1400. The third kappa shape index (κ3) is 6.33. The minimum atomic E-state index is -2.14. The average molecular weight is 620 g/mol. The Kier molecular flexibility index (Phi) is 9.74. The van der Waals surface area contributed by atoms with E-state index < -0.39 is 7.26 Å². The number of benzene rings is 4. The van der Waals surface area contributed by atoms with E-state index in [2.05, 4.69) is 97.1 Å². The topological polar surface area (TPSA) is 44.1 Å². The Balaban J connectivity index is 0.00000353. The van der Waals surface area contributed by atoms with Crippen molar-refractivity contribution < 1.29 is 26.5 Å². The van der Waals surface area contributed by atoms with Crippen molar-refractivity contribution in [2.75, 3.05) is 6.61 Å². The molecule has 1 heterocycles.